The number of fused-ring (bicyclic) bond motifs is 1. The van der Waals surface area contributed by atoms with Gasteiger partial charge >= 0.3 is 0 Å². The van der Waals surface area contributed by atoms with Crippen LogP contribution in [0.1, 0.15) is 24.0 Å². The van der Waals surface area contributed by atoms with Gasteiger partial charge in [-0.3, -0.25) is 4.18 Å². The summed E-state index contributed by atoms with van der Waals surface area (Å²) in [5, 5.41) is 9.96. The van der Waals surface area contributed by atoms with Crippen LogP contribution < -0.4 is 0 Å². The molecule has 6 heteroatoms. The topological polar surface area (TPSA) is 83.0 Å². The maximum atomic E-state index is 10.8. The number of hydrogen-bond donors (Lipinski definition) is 1. The van der Waals surface area contributed by atoms with E-state index in [0.717, 1.165) is 35.6 Å². The molecule has 0 unspecified atom stereocenters. The fourth-order valence-electron chi connectivity index (χ4n) is 2.08. The molecule has 5 nitrogen and oxygen atoms in total. The zero-order valence-corrected chi connectivity index (χ0v) is 12.0. The van der Waals surface area contributed by atoms with Gasteiger partial charge in [0.05, 0.1) is 24.5 Å². The molecule has 0 aliphatic heterocycles. The first-order valence-electron chi connectivity index (χ1n) is 6.34. The highest BCUT2D eigenvalue weighted by molar-refractivity contribution is 7.85. The monoisotopic (exact) mass is 292 g/mol. The number of nitrogens with one attached hydrogen (secondary N) is 1. The molecule has 1 aromatic carbocycles. The molecular weight excluding hydrogens is 276 g/mol. The van der Waals surface area contributed by atoms with Crippen molar-refractivity contribution in [3.63, 3.8) is 0 Å². The minimum Gasteiger partial charge on any atom is -0.361 e. The van der Waals surface area contributed by atoms with Crippen molar-refractivity contribution in [2.24, 2.45) is 0 Å². The highest BCUT2D eigenvalue weighted by Gasteiger charge is 2.05. The molecule has 0 bridgehead atoms. The Morgan fingerprint density at radius 2 is 2.15 bits per heavy atom. The number of nitriles is 1. The van der Waals surface area contributed by atoms with Crippen LogP contribution >= 0.6 is 0 Å². The Bertz CT molecular complexity index is 741. The van der Waals surface area contributed by atoms with Crippen LogP contribution in [0.15, 0.2) is 24.4 Å². The summed E-state index contributed by atoms with van der Waals surface area (Å²) in [6, 6.07) is 7.67. The summed E-state index contributed by atoms with van der Waals surface area (Å²) in [6.07, 6.45) is 5.32. The summed E-state index contributed by atoms with van der Waals surface area (Å²) in [4.78, 5) is 3.17. The van der Waals surface area contributed by atoms with E-state index in [9.17, 15) is 8.42 Å². The van der Waals surface area contributed by atoms with Gasteiger partial charge in [0.15, 0.2) is 0 Å². The minimum absolute atomic E-state index is 0.213. The molecule has 106 valence electrons. The van der Waals surface area contributed by atoms with Gasteiger partial charge in [0.25, 0.3) is 10.1 Å². The molecule has 0 radical (unpaired) electrons. The van der Waals surface area contributed by atoms with Crippen LogP contribution in [0.25, 0.3) is 10.9 Å². The molecule has 0 fully saturated rings. The second-order valence-electron chi connectivity index (χ2n) is 4.67. The number of hydrogen-bond acceptors (Lipinski definition) is 4. The number of H-pyrrole nitrogens is 1. The van der Waals surface area contributed by atoms with E-state index in [1.807, 2.05) is 18.3 Å². The maximum Gasteiger partial charge on any atom is 0.264 e. The Hall–Kier alpha value is -1.84. The van der Waals surface area contributed by atoms with Gasteiger partial charge in [0.2, 0.25) is 0 Å². The van der Waals surface area contributed by atoms with Crippen LogP contribution in [0.5, 0.6) is 0 Å². The van der Waals surface area contributed by atoms with Crippen LogP contribution in [0, 0.1) is 11.3 Å². The first kappa shape index (κ1) is 14.6. The number of unbranched alkanes of at least 4 members (excludes halogenated alkanes) is 1. The number of aromatic nitrogens is 1. The molecule has 0 spiro atoms. The van der Waals surface area contributed by atoms with Crippen molar-refractivity contribution >= 4 is 21.0 Å². The molecule has 0 aliphatic carbocycles. The number of benzene rings is 1. The molecule has 0 atom stereocenters. The number of rotatable bonds is 6. The van der Waals surface area contributed by atoms with Gasteiger partial charge in [-0.15, -0.1) is 0 Å². The fraction of sp³-hybridized carbons (Fsp3) is 0.357. The lowest BCUT2D eigenvalue weighted by atomic mass is 10.1. The van der Waals surface area contributed by atoms with Crippen LogP contribution in [0.2, 0.25) is 0 Å². The molecule has 0 aliphatic rings. The molecule has 0 amide bonds. The molecular formula is C14H16N2O3S. The van der Waals surface area contributed by atoms with E-state index < -0.39 is 10.1 Å². The Morgan fingerprint density at radius 1 is 1.35 bits per heavy atom. The molecule has 2 rings (SSSR count). The molecule has 2 aromatic rings. The van der Waals surface area contributed by atoms with Crippen molar-refractivity contribution in [2.75, 3.05) is 12.9 Å². The third kappa shape index (κ3) is 3.83. The van der Waals surface area contributed by atoms with Crippen molar-refractivity contribution in [3.8, 4) is 6.07 Å². The Balaban J connectivity index is 1.95. The fourth-order valence-corrected chi connectivity index (χ4v) is 2.50. The summed E-state index contributed by atoms with van der Waals surface area (Å²) in [5.74, 6) is 0. The van der Waals surface area contributed by atoms with E-state index in [-0.39, 0.29) is 6.61 Å². The highest BCUT2D eigenvalue weighted by Crippen LogP contribution is 2.21. The summed E-state index contributed by atoms with van der Waals surface area (Å²) in [6.45, 7) is 0.213. The van der Waals surface area contributed by atoms with Crippen LogP contribution in [0.3, 0.4) is 0 Å². The molecule has 1 aromatic heterocycles. The van der Waals surface area contributed by atoms with Crippen molar-refractivity contribution in [2.45, 2.75) is 19.3 Å². The zero-order valence-electron chi connectivity index (χ0n) is 11.2. The van der Waals surface area contributed by atoms with E-state index in [1.165, 1.54) is 0 Å². The highest BCUT2D eigenvalue weighted by atomic mass is 32.2. The summed E-state index contributed by atoms with van der Waals surface area (Å²) < 4.78 is 26.3. The lowest BCUT2D eigenvalue weighted by Crippen LogP contribution is -2.04. The lowest BCUT2D eigenvalue weighted by Gasteiger charge is -2.01. The van der Waals surface area contributed by atoms with Crippen LogP contribution in [-0.2, 0) is 20.7 Å². The van der Waals surface area contributed by atoms with Gasteiger partial charge in [-0.2, -0.15) is 13.7 Å². The van der Waals surface area contributed by atoms with E-state index in [0.29, 0.717) is 12.0 Å². The van der Waals surface area contributed by atoms with E-state index in [2.05, 4.69) is 11.1 Å². The molecule has 0 saturated carbocycles. The van der Waals surface area contributed by atoms with Gasteiger partial charge in [-0.25, -0.2) is 0 Å². The van der Waals surface area contributed by atoms with Gasteiger partial charge in [-0.05, 0) is 43.0 Å². The van der Waals surface area contributed by atoms with Gasteiger partial charge in [0, 0.05) is 17.1 Å². The smallest absolute Gasteiger partial charge is 0.264 e. The normalized spacial score (nSPS) is 11.6. The number of aromatic amines is 1. The van der Waals surface area contributed by atoms with Gasteiger partial charge in [0.1, 0.15) is 0 Å². The number of aryl methyl sites for hydroxylation is 1. The predicted octanol–water partition coefficient (Wildman–Crippen LogP) is 2.34. The summed E-state index contributed by atoms with van der Waals surface area (Å²) in [5.41, 5.74) is 2.78. The number of nitrogens with zero attached hydrogens (tertiary/aromatic N) is 1. The Morgan fingerprint density at radius 3 is 2.85 bits per heavy atom. The average molecular weight is 292 g/mol. The predicted molar refractivity (Wildman–Crippen MR) is 76.7 cm³/mol. The first-order chi connectivity index (χ1) is 9.49. The van der Waals surface area contributed by atoms with Crippen LogP contribution in [-0.4, -0.2) is 26.3 Å². The largest absolute Gasteiger partial charge is 0.361 e. The quantitative estimate of drug-likeness (QED) is 0.654. The molecule has 0 saturated heterocycles. The SMILES string of the molecule is CS(=O)(=O)OCCCCc1c[nH]c2ccc(C#N)cc12. The van der Waals surface area contributed by atoms with Crippen molar-refractivity contribution < 1.29 is 12.6 Å². The van der Waals surface area contributed by atoms with Gasteiger partial charge in [-0.1, -0.05) is 0 Å². The minimum atomic E-state index is -3.34. The summed E-state index contributed by atoms with van der Waals surface area (Å²) >= 11 is 0. The second-order valence-corrected chi connectivity index (χ2v) is 6.31. The van der Waals surface area contributed by atoms with Crippen molar-refractivity contribution in [1.82, 2.24) is 4.98 Å². The summed E-state index contributed by atoms with van der Waals surface area (Å²) in [7, 11) is -3.34. The second kappa shape index (κ2) is 6.07. The third-order valence-electron chi connectivity index (χ3n) is 3.03. The van der Waals surface area contributed by atoms with E-state index in [4.69, 9.17) is 9.44 Å². The average Bonchev–Trinajstić information content (AvgIpc) is 2.79. The van der Waals surface area contributed by atoms with E-state index >= 15 is 0 Å². The zero-order chi connectivity index (χ0) is 14.6. The van der Waals surface area contributed by atoms with Crippen molar-refractivity contribution in [1.29, 1.82) is 5.26 Å². The van der Waals surface area contributed by atoms with Gasteiger partial charge < -0.3 is 4.98 Å². The van der Waals surface area contributed by atoms with E-state index in [1.54, 1.807) is 6.07 Å². The first-order valence-corrected chi connectivity index (χ1v) is 8.16. The molecule has 1 heterocycles. The van der Waals surface area contributed by atoms with Crippen molar-refractivity contribution in [3.05, 3.63) is 35.5 Å². The Labute approximate surface area is 118 Å². The molecule has 1 N–H and O–H groups in total. The van der Waals surface area contributed by atoms with Crippen LogP contribution in [0.4, 0.5) is 0 Å². The molecule has 20 heavy (non-hydrogen) atoms. The standard InChI is InChI=1S/C14H16N2O3S/c1-20(17,18)19-7-3-2-4-12-10-16-14-6-5-11(9-15)8-13(12)14/h5-6,8,10,16H,2-4,7H2,1H3. The maximum absolute atomic E-state index is 10.8. The lowest BCUT2D eigenvalue weighted by molar-refractivity contribution is 0.312. The Kier molecular flexibility index (Phi) is 4.42. The third-order valence-corrected chi connectivity index (χ3v) is 3.63.